The molecule has 2 atom stereocenters. The molecule has 5 nitrogen and oxygen atoms in total. The van der Waals surface area contributed by atoms with Crippen molar-refractivity contribution in [3.05, 3.63) is 42.7 Å². The second kappa shape index (κ2) is 6.82. The van der Waals surface area contributed by atoms with Crippen LogP contribution < -0.4 is 4.74 Å². The molecule has 1 aliphatic rings. The third kappa shape index (κ3) is 3.98. The molecule has 0 saturated carbocycles. The standard InChI is InChI=1S/C20H25NO4/c1-20(2,3)18-13-16(9-10-21(18)19(22)23)25-15-7-4-6-14(12-15)17-8-5-11-24-17/h4-8,11-12,16,18H,9-10,13H2,1-3H3,(H,22,23). The summed E-state index contributed by atoms with van der Waals surface area (Å²) in [5, 5.41) is 9.46. The zero-order chi connectivity index (χ0) is 18.0. The summed E-state index contributed by atoms with van der Waals surface area (Å²) in [5.74, 6) is 1.59. The molecule has 0 radical (unpaired) electrons. The van der Waals surface area contributed by atoms with E-state index in [-0.39, 0.29) is 17.6 Å². The van der Waals surface area contributed by atoms with Gasteiger partial charge in [0.1, 0.15) is 17.6 Å². The van der Waals surface area contributed by atoms with Crippen LogP contribution in [0.15, 0.2) is 47.1 Å². The first-order valence-corrected chi connectivity index (χ1v) is 8.65. The second-order valence-corrected chi connectivity index (χ2v) is 7.63. The van der Waals surface area contributed by atoms with Crippen LogP contribution in [-0.4, -0.2) is 34.8 Å². The molecule has 0 aliphatic carbocycles. The minimum Gasteiger partial charge on any atom is -0.490 e. The average molecular weight is 343 g/mol. The maximum absolute atomic E-state index is 11.5. The van der Waals surface area contributed by atoms with Gasteiger partial charge in [-0.15, -0.1) is 0 Å². The highest BCUT2D eigenvalue weighted by Gasteiger charge is 2.39. The fraction of sp³-hybridized carbons (Fsp3) is 0.450. The average Bonchev–Trinajstić information content (AvgIpc) is 3.08. The zero-order valence-electron chi connectivity index (χ0n) is 14.9. The number of nitrogens with zero attached hydrogens (tertiary/aromatic N) is 1. The molecule has 5 heteroatoms. The maximum atomic E-state index is 11.5. The van der Waals surface area contributed by atoms with Gasteiger partial charge in [-0.2, -0.15) is 0 Å². The van der Waals surface area contributed by atoms with E-state index < -0.39 is 6.09 Å². The topological polar surface area (TPSA) is 62.9 Å². The Morgan fingerprint density at radius 3 is 2.72 bits per heavy atom. The molecular weight excluding hydrogens is 318 g/mol. The summed E-state index contributed by atoms with van der Waals surface area (Å²) >= 11 is 0. The Kier molecular flexibility index (Phi) is 4.75. The third-order valence-corrected chi connectivity index (χ3v) is 4.74. The minimum absolute atomic E-state index is 0.00618. The number of rotatable bonds is 3. The van der Waals surface area contributed by atoms with Crippen molar-refractivity contribution in [2.45, 2.75) is 45.8 Å². The van der Waals surface area contributed by atoms with Crippen molar-refractivity contribution in [3.8, 4) is 17.1 Å². The van der Waals surface area contributed by atoms with E-state index in [1.54, 1.807) is 11.2 Å². The van der Waals surface area contributed by atoms with Crippen LogP contribution >= 0.6 is 0 Å². The molecule has 3 rings (SSSR count). The monoisotopic (exact) mass is 343 g/mol. The number of carbonyl (C=O) groups is 1. The van der Waals surface area contributed by atoms with Gasteiger partial charge >= 0.3 is 6.09 Å². The number of benzene rings is 1. The first kappa shape index (κ1) is 17.4. The lowest BCUT2D eigenvalue weighted by Gasteiger charge is -2.44. The smallest absolute Gasteiger partial charge is 0.407 e. The molecule has 1 fully saturated rings. The van der Waals surface area contributed by atoms with E-state index in [1.165, 1.54) is 0 Å². The Morgan fingerprint density at radius 2 is 2.08 bits per heavy atom. The normalized spacial score (nSPS) is 21.2. The summed E-state index contributed by atoms with van der Waals surface area (Å²) in [4.78, 5) is 13.1. The van der Waals surface area contributed by atoms with E-state index in [0.29, 0.717) is 19.4 Å². The van der Waals surface area contributed by atoms with Crippen molar-refractivity contribution in [2.24, 2.45) is 5.41 Å². The van der Waals surface area contributed by atoms with Gasteiger partial charge in [0.25, 0.3) is 0 Å². The zero-order valence-corrected chi connectivity index (χ0v) is 14.9. The number of hydrogen-bond donors (Lipinski definition) is 1. The molecule has 2 unspecified atom stereocenters. The molecule has 1 amide bonds. The van der Waals surface area contributed by atoms with Crippen molar-refractivity contribution in [2.75, 3.05) is 6.54 Å². The SMILES string of the molecule is CC(C)(C)C1CC(Oc2cccc(-c3ccco3)c2)CCN1C(=O)O. The molecule has 1 N–H and O–H groups in total. The number of ether oxygens (including phenoxy) is 1. The summed E-state index contributed by atoms with van der Waals surface area (Å²) in [6, 6.07) is 11.5. The molecule has 0 spiro atoms. The number of carboxylic acid groups (broad SMARTS) is 1. The van der Waals surface area contributed by atoms with E-state index in [4.69, 9.17) is 9.15 Å². The predicted octanol–water partition coefficient (Wildman–Crippen LogP) is 4.88. The van der Waals surface area contributed by atoms with Gasteiger partial charge in [-0.25, -0.2) is 4.79 Å². The van der Waals surface area contributed by atoms with Gasteiger partial charge in [0, 0.05) is 31.0 Å². The van der Waals surface area contributed by atoms with Gasteiger partial charge in [0.2, 0.25) is 0 Å². The van der Waals surface area contributed by atoms with Gasteiger partial charge in [0.15, 0.2) is 0 Å². The van der Waals surface area contributed by atoms with Gasteiger partial charge in [-0.1, -0.05) is 32.9 Å². The van der Waals surface area contributed by atoms with Crippen LogP contribution in [0.2, 0.25) is 0 Å². The Bertz CT molecular complexity index is 718. The largest absolute Gasteiger partial charge is 0.490 e. The summed E-state index contributed by atoms with van der Waals surface area (Å²) < 4.78 is 11.6. The number of amides is 1. The van der Waals surface area contributed by atoms with Crippen molar-refractivity contribution in [1.29, 1.82) is 0 Å². The van der Waals surface area contributed by atoms with E-state index in [1.807, 2.05) is 36.4 Å². The number of hydrogen-bond acceptors (Lipinski definition) is 3. The van der Waals surface area contributed by atoms with Gasteiger partial charge < -0.3 is 19.2 Å². The molecular formula is C20H25NO4. The minimum atomic E-state index is -0.849. The van der Waals surface area contributed by atoms with Crippen molar-refractivity contribution >= 4 is 6.09 Å². The van der Waals surface area contributed by atoms with E-state index >= 15 is 0 Å². The van der Waals surface area contributed by atoms with Gasteiger partial charge in [0.05, 0.1) is 6.26 Å². The van der Waals surface area contributed by atoms with Crippen LogP contribution in [0.1, 0.15) is 33.6 Å². The van der Waals surface area contributed by atoms with Crippen LogP contribution in [0.3, 0.4) is 0 Å². The van der Waals surface area contributed by atoms with Crippen molar-refractivity contribution < 1.29 is 19.1 Å². The quantitative estimate of drug-likeness (QED) is 0.862. The van der Waals surface area contributed by atoms with Crippen LogP contribution in [0.25, 0.3) is 11.3 Å². The molecule has 25 heavy (non-hydrogen) atoms. The van der Waals surface area contributed by atoms with E-state index in [0.717, 1.165) is 17.1 Å². The van der Waals surface area contributed by atoms with Crippen molar-refractivity contribution in [3.63, 3.8) is 0 Å². The number of furan rings is 1. The summed E-state index contributed by atoms with van der Waals surface area (Å²) in [5.41, 5.74) is 0.842. The summed E-state index contributed by atoms with van der Waals surface area (Å²) in [7, 11) is 0. The number of piperidine rings is 1. The van der Waals surface area contributed by atoms with E-state index in [2.05, 4.69) is 20.8 Å². The Labute approximate surface area is 148 Å². The third-order valence-electron chi connectivity index (χ3n) is 4.74. The van der Waals surface area contributed by atoms with Crippen LogP contribution in [-0.2, 0) is 0 Å². The first-order valence-electron chi connectivity index (χ1n) is 8.65. The van der Waals surface area contributed by atoms with Crippen LogP contribution in [0.4, 0.5) is 4.79 Å². The molecule has 0 bridgehead atoms. The molecule has 2 heterocycles. The van der Waals surface area contributed by atoms with Crippen LogP contribution in [0, 0.1) is 5.41 Å². The fourth-order valence-corrected chi connectivity index (χ4v) is 3.45. The number of likely N-dealkylation sites (tertiary alicyclic amines) is 1. The van der Waals surface area contributed by atoms with Crippen LogP contribution in [0.5, 0.6) is 5.75 Å². The predicted molar refractivity (Wildman–Crippen MR) is 95.8 cm³/mol. The molecule has 134 valence electrons. The maximum Gasteiger partial charge on any atom is 0.407 e. The Morgan fingerprint density at radius 1 is 1.28 bits per heavy atom. The highest BCUT2D eigenvalue weighted by molar-refractivity contribution is 5.65. The molecule has 2 aromatic rings. The lowest BCUT2D eigenvalue weighted by molar-refractivity contribution is 0.0130. The molecule has 1 aromatic heterocycles. The lowest BCUT2D eigenvalue weighted by Crippen LogP contribution is -2.53. The molecule has 1 saturated heterocycles. The Hall–Kier alpha value is -2.43. The summed E-state index contributed by atoms with van der Waals surface area (Å²) in [6.45, 7) is 6.73. The fourth-order valence-electron chi connectivity index (χ4n) is 3.45. The lowest BCUT2D eigenvalue weighted by atomic mass is 9.80. The Balaban J connectivity index is 1.73. The highest BCUT2D eigenvalue weighted by atomic mass is 16.5. The van der Waals surface area contributed by atoms with E-state index in [9.17, 15) is 9.90 Å². The molecule has 1 aliphatic heterocycles. The van der Waals surface area contributed by atoms with Gasteiger partial charge in [-0.05, 0) is 29.7 Å². The molecule has 1 aromatic carbocycles. The first-order chi connectivity index (χ1) is 11.8. The van der Waals surface area contributed by atoms with Crippen molar-refractivity contribution in [1.82, 2.24) is 4.90 Å². The second-order valence-electron chi connectivity index (χ2n) is 7.63. The highest BCUT2D eigenvalue weighted by Crippen LogP contribution is 2.34. The van der Waals surface area contributed by atoms with Gasteiger partial charge in [-0.3, -0.25) is 0 Å². The summed E-state index contributed by atoms with van der Waals surface area (Å²) in [6.07, 6.45) is 2.20.